The van der Waals surface area contributed by atoms with Crippen LogP contribution >= 0.6 is 11.3 Å². The number of hydrogen-bond donors (Lipinski definition) is 2. The second-order valence-electron chi connectivity index (χ2n) is 6.88. The first-order chi connectivity index (χ1) is 15.3. The lowest BCUT2D eigenvalue weighted by Gasteiger charge is -2.08. The molecule has 5 rings (SSSR count). The third-order valence-electron chi connectivity index (χ3n) is 4.81. The highest BCUT2D eigenvalue weighted by Gasteiger charge is 2.10. The number of fused-ring (bicyclic) bond motifs is 1. The topological polar surface area (TPSA) is 70.4 Å². The van der Waals surface area contributed by atoms with Gasteiger partial charge in [0, 0.05) is 21.2 Å². The number of aromatic hydroxyl groups is 1. The van der Waals surface area contributed by atoms with Gasteiger partial charge in [-0.05, 0) is 18.2 Å². The largest absolute Gasteiger partial charge is 0.506 e. The minimum atomic E-state index is 0.232. The molecule has 0 saturated carbocycles. The zero-order chi connectivity index (χ0) is 21.0. The average molecular weight is 423 g/mol. The summed E-state index contributed by atoms with van der Waals surface area (Å²) >= 11 is 1.48. The van der Waals surface area contributed by atoms with Crippen molar-refractivity contribution >= 4 is 33.6 Å². The molecule has 0 atom stereocenters. The first kappa shape index (κ1) is 19.0. The zero-order valence-corrected chi connectivity index (χ0v) is 17.3. The van der Waals surface area contributed by atoms with E-state index in [2.05, 4.69) is 20.5 Å². The second kappa shape index (κ2) is 8.38. The van der Waals surface area contributed by atoms with Crippen LogP contribution in [-0.2, 0) is 0 Å². The Balaban J connectivity index is 1.49. The lowest BCUT2D eigenvalue weighted by Crippen LogP contribution is -2.00. The van der Waals surface area contributed by atoms with Crippen LogP contribution in [0, 0.1) is 0 Å². The molecule has 5 aromatic rings. The van der Waals surface area contributed by atoms with Gasteiger partial charge in [-0.25, -0.2) is 15.4 Å². The van der Waals surface area contributed by atoms with Crippen molar-refractivity contribution in [3.63, 3.8) is 0 Å². The van der Waals surface area contributed by atoms with Crippen molar-refractivity contribution in [1.82, 2.24) is 9.97 Å². The van der Waals surface area contributed by atoms with Gasteiger partial charge in [-0.15, -0.1) is 11.3 Å². The minimum Gasteiger partial charge on any atom is -0.506 e. The SMILES string of the molecule is Oc1c(C=NNc2nc(-c3ccccc3)cc(-c3ccccc3)n2)sc2ccccc12. The van der Waals surface area contributed by atoms with E-state index in [1.807, 2.05) is 91.0 Å². The summed E-state index contributed by atoms with van der Waals surface area (Å²) in [7, 11) is 0. The maximum absolute atomic E-state index is 10.4. The smallest absolute Gasteiger partial charge is 0.244 e. The van der Waals surface area contributed by atoms with Crippen LogP contribution in [0.2, 0.25) is 0 Å². The monoisotopic (exact) mass is 422 g/mol. The van der Waals surface area contributed by atoms with Crippen LogP contribution in [0.25, 0.3) is 32.6 Å². The van der Waals surface area contributed by atoms with Gasteiger partial charge in [-0.3, -0.25) is 0 Å². The van der Waals surface area contributed by atoms with Crippen LogP contribution < -0.4 is 5.43 Å². The number of hydrazone groups is 1. The number of rotatable bonds is 5. The molecule has 3 aromatic carbocycles. The van der Waals surface area contributed by atoms with E-state index in [-0.39, 0.29) is 5.75 Å². The van der Waals surface area contributed by atoms with Crippen LogP contribution in [0.5, 0.6) is 5.75 Å². The summed E-state index contributed by atoms with van der Waals surface area (Å²) in [6.07, 6.45) is 1.60. The Hall–Kier alpha value is -4.03. The molecule has 0 radical (unpaired) electrons. The molecular weight excluding hydrogens is 404 g/mol. The summed E-state index contributed by atoms with van der Waals surface area (Å²) in [6.45, 7) is 0. The van der Waals surface area contributed by atoms with E-state index in [0.717, 1.165) is 32.6 Å². The predicted molar refractivity (Wildman–Crippen MR) is 128 cm³/mol. The van der Waals surface area contributed by atoms with Gasteiger partial charge < -0.3 is 5.11 Å². The maximum Gasteiger partial charge on any atom is 0.244 e. The van der Waals surface area contributed by atoms with Crippen molar-refractivity contribution in [2.45, 2.75) is 0 Å². The molecule has 0 spiro atoms. The van der Waals surface area contributed by atoms with Crippen molar-refractivity contribution in [2.75, 3.05) is 5.43 Å². The van der Waals surface area contributed by atoms with Crippen molar-refractivity contribution in [2.24, 2.45) is 5.10 Å². The van der Waals surface area contributed by atoms with Crippen LogP contribution in [0.1, 0.15) is 4.88 Å². The second-order valence-corrected chi connectivity index (χ2v) is 7.96. The van der Waals surface area contributed by atoms with Crippen LogP contribution in [0.4, 0.5) is 5.95 Å². The lowest BCUT2D eigenvalue weighted by atomic mass is 10.1. The molecule has 150 valence electrons. The van der Waals surface area contributed by atoms with E-state index < -0.39 is 0 Å². The van der Waals surface area contributed by atoms with Gasteiger partial charge in [0.1, 0.15) is 5.75 Å². The Kier molecular flexibility index (Phi) is 5.12. The van der Waals surface area contributed by atoms with Gasteiger partial charge in [-0.1, -0.05) is 72.8 Å². The molecule has 0 aliphatic carbocycles. The fraction of sp³-hybridized carbons (Fsp3) is 0. The molecule has 2 N–H and O–H groups in total. The molecule has 31 heavy (non-hydrogen) atoms. The zero-order valence-electron chi connectivity index (χ0n) is 16.4. The molecule has 0 aliphatic rings. The van der Waals surface area contributed by atoms with E-state index in [1.165, 1.54) is 11.3 Å². The third kappa shape index (κ3) is 4.01. The summed E-state index contributed by atoms with van der Waals surface area (Å²) in [5, 5.41) is 15.5. The summed E-state index contributed by atoms with van der Waals surface area (Å²) in [4.78, 5) is 9.94. The Morgan fingerprint density at radius 2 is 1.35 bits per heavy atom. The Morgan fingerprint density at radius 1 is 0.774 bits per heavy atom. The van der Waals surface area contributed by atoms with Crippen molar-refractivity contribution in [1.29, 1.82) is 0 Å². The molecule has 5 nitrogen and oxygen atoms in total. The molecule has 0 fully saturated rings. The number of hydrogen-bond acceptors (Lipinski definition) is 6. The van der Waals surface area contributed by atoms with Crippen LogP contribution in [0.3, 0.4) is 0 Å². The van der Waals surface area contributed by atoms with Crippen LogP contribution in [0.15, 0.2) is 96.1 Å². The third-order valence-corrected chi connectivity index (χ3v) is 5.90. The first-order valence-electron chi connectivity index (χ1n) is 9.77. The Morgan fingerprint density at radius 3 is 1.97 bits per heavy atom. The normalized spacial score (nSPS) is 11.2. The molecular formula is C25H18N4OS. The first-order valence-corrected chi connectivity index (χ1v) is 10.6. The lowest BCUT2D eigenvalue weighted by molar-refractivity contribution is 0.483. The maximum atomic E-state index is 10.4. The number of thiophene rings is 1. The van der Waals surface area contributed by atoms with E-state index >= 15 is 0 Å². The molecule has 0 bridgehead atoms. The summed E-state index contributed by atoms with van der Waals surface area (Å²) < 4.78 is 1.01. The minimum absolute atomic E-state index is 0.232. The van der Waals surface area contributed by atoms with E-state index in [9.17, 15) is 5.11 Å². The highest BCUT2D eigenvalue weighted by atomic mass is 32.1. The van der Waals surface area contributed by atoms with E-state index in [4.69, 9.17) is 0 Å². The number of nitrogens with zero attached hydrogens (tertiary/aromatic N) is 3. The summed E-state index contributed by atoms with van der Waals surface area (Å²) in [5.74, 6) is 0.618. The Labute approximate surface area is 183 Å². The van der Waals surface area contributed by atoms with Gasteiger partial charge in [0.15, 0.2) is 0 Å². The summed E-state index contributed by atoms with van der Waals surface area (Å²) in [5.41, 5.74) is 6.53. The highest BCUT2D eigenvalue weighted by molar-refractivity contribution is 7.21. The highest BCUT2D eigenvalue weighted by Crippen LogP contribution is 2.35. The molecule has 0 amide bonds. The summed E-state index contributed by atoms with van der Waals surface area (Å²) in [6, 6.07) is 29.6. The quantitative estimate of drug-likeness (QED) is 0.262. The molecule has 0 unspecified atom stereocenters. The fourth-order valence-corrected chi connectivity index (χ4v) is 4.27. The molecule has 0 saturated heterocycles. The van der Waals surface area contributed by atoms with Gasteiger partial charge >= 0.3 is 0 Å². The van der Waals surface area contributed by atoms with Gasteiger partial charge in [0.05, 0.1) is 22.5 Å². The number of nitrogens with one attached hydrogen (secondary N) is 1. The van der Waals surface area contributed by atoms with Gasteiger partial charge in [0.25, 0.3) is 0 Å². The average Bonchev–Trinajstić information content (AvgIpc) is 3.15. The molecule has 2 heterocycles. The van der Waals surface area contributed by atoms with E-state index in [1.54, 1.807) is 6.21 Å². The van der Waals surface area contributed by atoms with Crippen molar-refractivity contribution in [3.05, 3.63) is 95.9 Å². The van der Waals surface area contributed by atoms with Gasteiger partial charge in [0.2, 0.25) is 5.95 Å². The Bertz CT molecular complexity index is 1310. The standard InChI is InChI=1S/C25H18N4OS/c30-24-19-13-7-8-14-22(19)31-23(24)16-26-29-25-27-20(17-9-3-1-4-10-17)15-21(28-25)18-11-5-2-6-12-18/h1-16,30H,(H,27,28,29). The molecule has 6 heteroatoms. The molecule has 0 aliphatic heterocycles. The van der Waals surface area contributed by atoms with E-state index in [0.29, 0.717) is 10.8 Å². The predicted octanol–water partition coefficient (Wildman–Crippen LogP) is 6.18. The van der Waals surface area contributed by atoms with Crippen molar-refractivity contribution in [3.8, 4) is 28.3 Å². The van der Waals surface area contributed by atoms with Crippen molar-refractivity contribution < 1.29 is 5.11 Å². The number of benzene rings is 3. The number of aromatic nitrogens is 2. The van der Waals surface area contributed by atoms with Gasteiger partial charge in [-0.2, -0.15) is 5.10 Å². The van der Waals surface area contributed by atoms with Crippen LogP contribution in [-0.4, -0.2) is 21.3 Å². The fourth-order valence-electron chi connectivity index (χ4n) is 3.30. The number of anilines is 1. The molecule has 2 aromatic heterocycles.